The molecule has 1 fully saturated rings. The third-order valence-electron chi connectivity index (χ3n) is 4.68. The quantitative estimate of drug-likeness (QED) is 0.755. The number of hydrogen-bond donors (Lipinski definition) is 2. The molecule has 23 heavy (non-hydrogen) atoms. The molecule has 1 aromatic heterocycles. The number of fused-ring (bicyclic) bond motifs is 3. The van der Waals surface area contributed by atoms with Crippen LogP contribution < -0.4 is 0 Å². The highest BCUT2D eigenvalue weighted by Crippen LogP contribution is 2.44. The molecule has 4 rings (SSSR count). The molecule has 0 aliphatic heterocycles. The monoisotopic (exact) mass is 310 g/mol. The Hall–Kier alpha value is -2.82. The molecule has 0 saturated heterocycles. The van der Waals surface area contributed by atoms with Gasteiger partial charge in [-0.25, -0.2) is 9.59 Å². The summed E-state index contributed by atoms with van der Waals surface area (Å²) < 4.78 is 5.74. The molecular weight excluding hydrogens is 296 g/mol. The van der Waals surface area contributed by atoms with Gasteiger partial charge in [-0.1, -0.05) is 24.6 Å². The van der Waals surface area contributed by atoms with Crippen molar-refractivity contribution in [2.75, 3.05) is 0 Å². The van der Waals surface area contributed by atoms with Crippen LogP contribution in [-0.2, 0) is 0 Å². The summed E-state index contributed by atoms with van der Waals surface area (Å²) in [4.78, 5) is 22.9. The van der Waals surface area contributed by atoms with Crippen LogP contribution in [0.15, 0.2) is 34.7 Å². The minimum absolute atomic E-state index is 0.0506. The zero-order valence-electron chi connectivity index (χ0n) is 12.2. The van der Waals surface area contributed by atoms with Gasteiger partial charge in [-0.2, -0.15) is 0 Å². The van der Waals surface area contributed by atoms with Crippen molar-refractivity contribution in [2.45, 2.75) is 25.2 Å². The van der Waals surface area contributed by atoms with E-state index in [0.29, 0.717) is 11.3 Å². The van der Waals surface area contributed by atoms with Crippen molar-refractivity contribution in [2.24, 2.45) is 0 Å². The van der Waals surface area contributed by atoms with Gasteiger partial charge in [0.2, 0.25) is 0 Å². The Bertz CT molecular complexity index is 962. The van der Waals surface area contributed by atoms with Gasteiger partial charge in [0.05, 0.1) is 0 Å². The summed E-state index contributed by atoms with van der Waals surface area (Å²) in [7, 11) is 0. The lowest BCUT2D eigenvalue weighted by Gasteiger charge is -2.26. The molecule has 0 bridgehead atoms. The van der Waals surface area contributed by atoms with Gasteiger partial charge in [-0.15, -0.1) is 0 Å². The highest BCUT2D eigenvalue weighted by atomic mass is 16.4. The van der Waals surface area contributed by atoms with Gasteiger partial charge in [-0.05, 0) is 36.5 Å². The normalized spacial score (nSPS) is 15.0. The molecule has 0 spiro atoms. The smallest absolute Gasteiger partial charge is 0.339 e. The maximum Gasteiger partial charge on any atom is 0.339 e. The molecule has 0 radical (unpaired) electrons. The Labute approximate surface area is 131 Å². The van der Waals surface area contributed by atoms with Gasteiger partial charge in [-0.3, -0.25) is 0 Å². The zero-order valence-corrected chi connectivity index (χ0v) is 12.2. The van der Waals surface area contributed by atoms with Gasteiger partial charge in [0, 0.05) is 10.8 Å². The minimum Gasteiger partial charge on any atom is -0.478 e. The Morgan fingerprint density at radius 3 is 2.26 bits per heavy atom. The maximum absolute atomic E-state index is 11.5. The number of carbonyl (C=O) groups is 2. The van der Waals surface area contributed by atoms with Gasteiger partial charge in [0.25, 0.3) is 0 Å². The number of carboxylic acid groups (broad SMARTS) is 2. The van der Waals surface area contributed by atoms with Crippen molar-refractivity contribution in [3.05, 3.63) is 47.0 Å². The van der Waals surface area contributed by atoms with E-state index in [-0.39, 0.29) is 22.3 Å². The van der Waals surface area contributed by atoms with Crippen molar-refractivity contribution >= 4 is 33.9 Å². The van der Waals surface area contributed by atoms with Crippen LogP contribution in [0.5, 0.6) is 0 Å². The second-order valence-electron chi connectivity index (χ2n) is 5.93. The number of para-hydroxylation sites is 1. The molecule has 1 aliphatic rings. The fourth-order valence-electron chi connectivity index (χ4n) is 3.32. The number of hydrogen-bond acceptors (Lipinski definition) is 3. The predicted molar refractivity (Wildman–Crippen MR) is 84.2 cm³/mol. The largest absolute Gasteiger partial charge is 0.478 e. The predicted octanol–water partition coefficient (Wildman–Crippen LogP) is 4.25. The van der Waals surface area contributed by atoms with E-state index in [4.69, 9.17) is 4.42 Å². The summed E-state index contributed by atoms with van der Waals surface area (Å²) in [6, 6.07) is 8.33. The van der Waals surface area contributed by atoms with E-state index in [2.05, 4.69) is 0 Å². The van der Waals surface area contributed by atoms with Crippen LogP contribution >= 0.6 is 0 Å². The Balaban J connectivity index is 2.15. The maximum atomic E-state index is 11.5. The molecular formula is C18H14O5. The highest BCUT2D eigenvalue weighted by Gasteiger charge is 2.27. The van der Waals surface area contributed by atoms with Crippen LogP contribution in [0.1, 0.15) is 51.5 Å². The first-order valence-corrected chi connectivity index (χ1v) is 7.52. The van der Waals surface area contributed by atoms with E-state index in [1.54, 1.807) is 18.2 Å². The molecule has 0 amide bonds. The minimum atomic E-state index is -1.09. The first kappa shape index (κ1) is 13.8. The molecule has 1 heterocycles. The van der Waals surface area contributed by atoms with Crippen molar-refractivity contribution < 1.29 is 24.2 Å². The summed E-state index contributed by atoms with van der Waals surface area (Å²) in [6.45, 7) is 0. The second kappa shape index (κ2) is 4.84. The average Bonchev–Trinajstić information content (AvgIpc) is 2.84. The molecule has 1 saturated carbocycles. The summed E-state index contributed by atoms with van der Waals surface area (Å²) in [5, 5.41) is 20.2. The highest BCUT2D eigenvalue weighted by molar-refractivity contribution is 6.16. The Morgan fingerprint density at radius 1 is 0.957 bits per heavy atom. The summed E-state index contributed by atoms with van der Waals surface area (Å²) in [5.74, 6) is -1.78. The summed E-state index contributed by atoms with van der Waals surface area (Å²) in [5.41, 5.74) is 1.68. The van der Waals surface area contributed by atoms with Crippen molar-refractivity contribution in [3.8, 4) is 0 Å². The Kier molecular flexibility index (Phi) is 2.91. The molecule has 5 nitrogen and oxygen atoms in total. The fraction of sp³-hybridized carbons (Fsp3) is 0.222. The van der Waals surface area contributed by atoms with Crippen molar-refractivity contribution in [3.63, 3.8) is 0 Å². The molecule has 116 valence electrons. The van der Waals surface area contributed by atoms with E-state index in [9.17, 15) is 19.8 Å². The zero-order chi connectivity index (χ0) is 16.1. The van der Waals surface area contributed by atoms with Crippen LogP contribution in [0.2, 0.25) is 0 Å². The molecule has 0 unspecified atom stereocenters. The first-order valence-electron chi connectivity index (χ1n) is 7.52. The van der Waals surface area contributed by atoms with E-state index in [1.807, 2.05) is 6.07 Å². The van der Waals surface area contributed by atoms with E-state index >= 15 is 0 Å². The Morgan fingerprint density at radius 2 is 1.65 bits per heavy atom. The summed E-state index contributed by atoms with van der Waals surface area (Å²) >= 11 is 0. The van der Waals surface area contributed by atoms with Crippen LogP contribution in [0, 0.1) is 0 Å². The standard InChI is InChI=1S/C18H14O5/c19-17(20)12-6-2-5-11-14-10(9-3-1-4-9)7-8-13(18(21)22)16(14)23-15(11)12/h2,5-9H,1,3-4H2,(H,19,20)(H,21,22). The lowest BCUT2D eigenvalue weighted by atomic mass is 9.78. The molecule has 2 aromatic carbocycles. The molecule has 5 heteroatoms. The van der Waals surface area contributed by atoms with Gasteiger partial charge in [0.15, 0.2) is 0 Å². The molecule has 3 aromatic rings. The lowest BCUT2D eigenvalue weighted by Crippen LogP contribution is -2.09. The van der Waals surface area contributed by atoms with E-state index < -0.39 is 11.9 Å². The van der Waals surface area contributed by atoms with Crippen LogP contribution in [0.25, 0.3) is 21.9 Å². The number of furan rings is 1. The van der Waals surface area contributed by atoms with Crippen molar-refractivity contribution in [1.29, 1.82) is 0 Å². The number of carboxylic acids is 2. The average molecular weight is 310 g/mol. The fourth-order valence-corrected chi connectivity index (χ4v) is 3.32. The van der Waals surface area contributed by atoms with E-state index in [0.717, 1.165) is 30.2 Å². The number of rotatable bonds is 3. The lowest BCUT2D eigenvalue weighted by molar-refractivity contribution is 0.0688. The third kappa shape index (κ3) is 1.93. The van der Waals surface area contributed by atoms with Crippen molar-refractivity contribution in [1.82, 2.24) is 0 Å². The van der Waals surface area contributed by atoms with Gasteiger partial charge < -0.3 is 14.6 Å². The van der Waals surface area contributed by atoms with Crippen LogP contribution in [0.3, 0.4) is 0 Å². The first-order chi connectivity index (χ1) is 11.1. The van der Waals surface area contributed by atoms with Crippen LogP contribution in [-0.4, -0.2) is 22.2 Å². The topological polar surface area (TPSA) is 87.7 Å². The molecule has 0 atom stereocenters. The molecule has 2 N–H and O–H groups in total. The second-order valence-corrected chi connectivity index (χ2v) is 5.93. The van der Waals surface area contributed by atoms with Crippen LogP contribution in [0.4, 0.5) is 0 Å². The van der Waals surface area contributed by atoms with Gasteiger partial charge in [0.1, 0.15) is 22.3 Å². The SMILES string of the molecule is O=C(O)c1cccc2c1oc1c(C(=O)O)ccc(C3CCC3)c12. The van der Waals surface area contributed by atoms with Gasteiger partial charge >= 0.3 is 11.9 Å². The number of benzene rings is 2. The van der Waals surface area contributed by atoms with E-state index in [1.165, 1.54) is 6.07 Å². The number of aromatic carboxylic acids is 2. The third-order valence-corrected chi connectivity index (χ3v) is 4.68. The molecule has 1 aliphatic carbocycles. The summed E-state index contributed by atoms with van der Waals surface area (Å²) in [6.07, 6.45) is 3.28.